The minimum Gasteiger partial charge on any atom is -0.298 e. The molecule has 0 saturated heterocycles. The molecule has 2 N–H and O–H groups in total. The summed E-state index contributed by atoms with van der Waals surface area (Å²) in [5, 5.41) is 7.21. The van der Waals surface area contributed by atoms with Crippen molar-refractivity contribution in [1.29, 1.82) is 0 Å². The second kappa shape index (κ2) is 7.75. The molecule has 7 rings (SSSR count). The third-order valence-electron chi connectivity index (χ3n) is 6.20. The first-order chi connectivity index (χ1) is 17.6. The lowest BCUT2D eigenvalue weighted by molar-refractivity contribution is 0.0912. The van der Waals surface area contributed by atoms with E-state index in [2.05, 4.69) is 30.1 Å². The van der Waals surface area contributed by atoms with Gasteiger partial charge in [0.1, 0.15) is 27.1 Å². The van der Waals surface area contributed by atoms with E-state index in [0.717, 1.165) is 14.9 Å². The Hall–Kier alpha value is -4.51. The number of nitrogens with zero attached hydrogens (tertiary/aromatic N) is 6. The van der Waals surface area contributed by atoms with Crippen molar-refractivity contribution in [1.82, 2.24) is 39.7 Å². The van der Waals surface area contributed by atoms with E-state index < -0.39 is 5.82 Å². The van der Waals surface area contributed by atoms with Gasteiger partial charge in [0, 0.05) is 34.3 Å². The van der Waals surface area contributed by atoms with Gasteiger partial charge in [0.25, 0.3) is 0 Å². The highest BCUT2D eigenvalue weighted by Gasteiger charge is 2.20. The topological polar surface area (TPSA) is 118 Å². The molecule has 2 aliphatic rings. The number of pyridine rings is 3. The Labute approximate surface area is 205 Å². The van der Waals surface area contributed by atoms with Crippen LogP contribution in [0.15, 0.2) is 49.2 Å². The summed E-state index contributed by atoms with van der Waals surface area (Å²) in [4.78, 5) is 36.5. The predicted octanol–water partition coefficient (Wildman–Crippen LogP) is 5.76. The van der Waals surface area contributed by atoms with Crippen molar-refractivity contribution in [3.05, 3.63) is 55.0 Å². The van der Waals surface area contributed by atoms with Crippen LogP contribution in [-0.4, -0.2) is 45.6 Å². The molecular weight excluding hydrogens is 479 g/mol. The Balaban J connectivity index is 1.75. The number of nitrogens with one attached hydrogen (secondary N) is 2. The summed E-state index contributed by atoms with van der Waals surface area (Å²) in [6, 6.07) is 5.58. The zero-order chi connectivity index (χ0) is 24.4. The van der Waals surface area contributed by atoms with E-state index in [1.807, 2.05) is 19.1 Å². The number of rotatable bonds is 2. The van der Waals surface area contributed by atoms with Gasteiger partial charge in [0.2, 0.25) is 5.91 Å². The van der Waals surface area contributed by atoms with Crippen LogP contribution in [0.5, 0.6) is 0 Å². The number of aromatic nitrogens is 8. The normalized spacial score (nSPS) is 11.9. The molecule has 0 aliphatic carbocycles. The molecule has 5 aromatic rings. The molecule has 0 atom stereocenters. The van der Waals surface area contributed by atoms with Crippen molar-refractivity contribution in [2.75, 3.05) is 0 Å². The summed E-state index contributed by atoms with van der Waals surface area (Å²) in [6.45, 7) is 1.96. The number of aromatic amines is 2. The molecule has 0 aromatic carbocycles. The van der Waals surface area contributed by atoms with Crippen molar-refractivity contribution in [3.8, 4) is 11.3 Å². The fraction of sp³-hybridized carbons (Fsp3) is 0.120. The second-order valence-electron chi connectivity index (χ2n) is 8.49. The highest BCUT2D eigenvalue weighted by atomic mass is 32.1. The van der Waals surface area contributed by atoms with Gasteiger partial charge in [-0.15, -0.1) is 11.3 Å². The van der Waals surface area contributed by atoms with Crippen LogP contribution in [0.4, 0.5) is 4.39 Å². The number of carbonyl (C=O) groups excluding carboxylic acids is 1. The summed E-state index contributed by atoms with van der Waals surface area (Å²) in [5.74, 6) is -0.613. The van der Waals surface area contributed by atoms with Crippen molar-refractivity contribution in [3.63, 3.8) is 0 Å². The third-order valence-corrected chi connectivity index (χ3v) is 7.31. The van der Waals surface area contributed by atoms with Gasteiger partial charge >= 0.3 is 0 Å². The van der Waals surface area contributed by atoms with Crippen molar-refractivity contribution in [2.24, 2.45) is 0 Å². The SMILES string of the molecule is CCCC(=O)n1c2cncc(c2)c2ncc3[nH][nH]c(c4nc5cncc(c6ccc1s6)c5n4)-c3c2F. The lowest BCUT2D eigenvalue weighted by Gasteiger charge is -2.07. The number of H-pyrrole nitrogens is 2. The Morgan fingerprint density at radius 1 is 1.06 bits per heavy atom. The molecule has 2 aliphatic heterocycles. The van der Waals surface area contributed by atoms with Gasteiger partial charge in [-0.2, -0.15) is 0 Å². The summed E-state index contributed by atoms with van der Waals surface area (Å²) < 4.78 is 18.5. The standard InChI is InChI=1S/C25H17FN8OS/c1-2-3-18(35)34-13-6-12(7-27-8-13)22-21(26)20-15(11-29-22)32-33-24(20)25-30-16-10-28-9-14(23(16)31-25)17-4-5-19(34)36-17/h4-11,32-33H,2-3H2,1H3. The lowest BCUT2D eigenvalue weighted by Crippen LogP contribution is -2.10. The van der Waals surface area contributed by atoms with Crippen LogP contribution in [0.25, 0.3) is 64.8 Å². The zero-order valence-corrected chi connectivity index (χ0v) is 19.7. The molecule has 36 heavy (non-hydrogen) atoms. The average molecular weight is 497 g/mol. The third kappa shape index (κ3) is 2.99. The van der Waals surface area contributed by atoms with Gasteiger partial charge in [-0.3, -0.25) is 34.5 Å². The number of fused-ring (bicyclic) bond motifs is 9. The van der Waals surface area contributed by atoms with E-state index in [9.17, 15) is 4.79 Å². The zero-order valence-electron chi connectivity index (χ0n) is 18.9. The maximum absolute atomic E-state index is 16.0. The first-order valence-electron chi connectivity index (χ1n) is 11.4. The van der Waals surface area contributed by atoms with Gasteiger partial charge in [-0.25, -0.2) is 14.4 Å². The van der Waals surface area contributed by atoms with Crippen LogP contribution < -0.4 is 0 Å². The molecule has 11 heteroatoms. The maximum Gasteiger partial charge on any atom is 0.232 e. The second-order valence-corrected chi connectivity index (χ2v) is 9.55. The fourth-order valence-corrected chi connectivity index (χ4v) is 5.61. The van der Waals surface area contributed by atoms with Crippen LogP contribution in [-0.2, 0) is 0 Å². The number of hydrogen-bond donors (Lipinski definition) is 2. The average Bonchev–Trinajstić information content (AvgIpc) is 3.62. The molecule has 0 spiro atoms. The molecule has 176 valence electrons. The first kappa shape index (κ1) is 20.8. The smallest absolute Gasteiger partial charge is 0.232 e. The highest BCUT2D eigenvalue weighted by Crippen LogP contribution is 2.34. The number of hydrogen-bond acceptors (Lipinski definition) is 7. The largest absolute Gasteiger partial charge is 0.298 e. The molecule has 8 bridgehead atoms. The first-order valence-corrected chi connectivity index (χ1v) is 12.2. The number of carbonyl (C=O) groups is 1. The predicted molar refractivity (Wildman–Crippen MR) is 137 cm³/mol. The molecule has 9 nitrogen and oxygen atoms in total. The molecular formula is C25H17FN8OS. The van der Waals surface area contributed by atoms with Gasteiger partial charge in [-0.05, 0) is 24.6 Å². The van der Waals surface area contributed by atoms with Crippen LogP contribution in [0, 0.1) is 5.82 Å². The lowest BCUT2D eigenvalue weighted by atomic mass is 10.1. The molecule has 5 aromatic heterocycles. The Kier molecular flexibility index (Phi) is 4.48. The Morgan fingerprint density at radius 3 is 2.83 bits per heavy atom. The maximum atomic E-state index is 16.0. The van der Waals surface area contributed by atoms with Crippen LogP contribution in [0.3, 0.4) is 0 Å². The van der Waals surface area contributed by atoms with Crippen LogP contribution in [0.1, 0.15) is 24.6 Å². The van der Waals surface area contributed by atoms with Crippen LogP contribution in [0.2, 0.25) is 0 Å². The summed E-state index contributed by atoms with van der Waals surface area (Å²) in [7, 11) is 0. The summed E-state index contributed by atoms with van der Waals surface area (Å²) in [5.41, 5.74) is 3.44. The Bertz CT molecular complexity index is 2010. The monoisotopic (exact) mass is 496 g/mol. The van der Waals surface area contributed by atoms with Gasteiger partial charge in [0.15, 0.2) is 11.5 Å². The van der Waals surface area contributed by atoms with Crippen molar-refractivity contribution < 1.29 is 9.18 Å². The minimum atomic E-state index is -0.537. The number of imidazole rings is 1. The van der Waals surface area contributed by atoms with E-state index >= 15 is 4.39 Å². The highest BCUT2D eigenvalue weighted by molar-refractivity contribution is 7.24. The van der Waals surface area contributed by atoms with E-state index in [0.29, 0.717) is 57.2 Å². The Morgan fingerprint density at radius 2 is 1.94 bits per heavy atom. The summed E-state index contributed by atoms with van der Waals surface area (Å²) in [6.07, 6.45) is 9.12. The fourth-order valence-electron chi connectivity index (χ4n) is 4.56. The number of thiophene rings is 1. The molecule has 0 saturated carbocycles. The van der Waals surface area contributed by atoms with Gasteiger partial charge in [-0.1, -0.05) is 6.92 Å². The molecule has 0 unspecified atom stereocenters. The van der Waals surface area contributed by atoms with Gasteiger partial charge < -0.3 is 0 Å². The van der Waals surface area contributed by atoms with Crippen LogP contribution >= 0.6 is 11.3 Å². The summed E-state index contributed by atoms with van der Waals surface area (Å²) >= 11 is 1.45. The quantitative estimate of drug-likeness (QED) is 0.314. The van der Waals surface area contributed by atoms with E-state index in [-0.39, 0.29) is 11.4 Å². The molecule has 0 amide bonds. The van der Waals surface area contributed by atoms with E-state index in [4.69, 9.17) is 4.98 Å². The molecule has 7 heterocycles. The van der Waals surface area contributed by atoms with Gasteiger partial charge in [0.05, 0.1) is 35.2 Å². The van der Waals surface area contributed by atoms with Crippen molar-refractivity contribution in [2.45, 2.75) is 19.8 Å². The van der Waals surface area contributed by atoms with E-state index in [1.165, 1.54) is 11.3 Å². The van der Waals surface area contributed by atoms with Crippen molar-refractivity contribution >= 4 is 70.8 Å². The van der Waals surface area contributed by atoms with E-state index in [1.54, 1.807) is 41.6 Å². The number of halogens is 1. The molecule has 0 fully saturated rings. The minimum absolute atomic E-state index is 0.0766. The molecule has 0 radical (unpaired) electrons.